The molecule has 19 heavy (non-hydrogen) atoms. The van der Waals surface area contributed by atoms with Gasteiger partial charge in [-0.15, -0.1) is 0 Å². The van der Waals surface area contributed by atoms with E-state index in [1.165, 1.54) is 30.5 Å². The first-order valence-corrected chi connectivity index (χ1v) is 5.31. The van der Waals surface area contributed by atoms with Crippen LogP contribution in [0.15, 0.2) is 42.6 Å². The molecule has 0 atom stereocenters. The zero-order valence-corrected chi connectivity index (χ0v) is 9.61. The summed E-state index contributed by atoms with van der Waals surface area (Å²) in [5, 5.41) is 0. The van der Waals surface area contributed by atoms with Gasteiger partial charge in [-0.3, -0.25) is 9.78 Å². The number of rotatable bonds is 2. The zero-order chi connectivity index (χ0) is 14.0. The third-order valence-corrected chi connectivity index (χ3v) is 2.47. The summed E-state index contributed by atoms with van der Waals surface area (Å²) in [6.45, 7) is 0. The quantitative estimate of drug-likeness (QED) is 0.850. The van der Waals surface area contributed by atoms with Gasteiger partial charge in [0.1, 0.15) is 5.69 Å². The molecule has 0 amide bonds. The lowest BCUT2D eigenvalue weighted by molar-refractivity contribution is -0.137. The topological polar surface area (TPSA) is 56.0 Å². The van der Waals surface area contributed by atoms with Gasteiger partial charge in [0.15, 0.2) is 0 Å². The fourth-order valence-corrected chi connectivity index (χ4v) is 1.52. The maximum absolute atomic E-state index is 12.5. The Labute approximate surface area is 106 Å². The van der Waals surface area contributed by atoms with E-state index in [0.717, 1.165) is 12.1 Å². The lowest BCUT2D eigenvalue weighted by Gasteiger charge is -2.08. The van der Waals surface area contributed by atoms with Gasteiger partial charge in [-0.05, 0) is 24.3 Å². The summed E-state index contributed by atoms with van der Waals surface area (Å²) >= 11 is 0. The molecule has 1 heterocycles. The number of pyridine rings is 1. The second-order valence-electron chi connectivity index (χ2n) is 3.88. The van der Waals surface area contributed by atoms with E-state index in [1.807, 2.05) is 0 Å². The minimum absolute atomic E-state index is 0.0496. The number of aromatic nitrogens is 1. The number of alkyl halides is 3. The summed E-state index contributed by atoms with van der Waals surface area (Å²) in [6, 6.07) is 7.06. The van der Waals surface area contributed by atoms with Crippen molar-refractivity contribution in [1.29, 1.82) is 0 Å². The molecule has 0 bridgehead atoms. The highest BCUT2D eigenvalue weighted by molar-refractivity contribution is 6.07. The number of anilines is 1. The van der Waals surface area contributed by atoms with E-state index >= 15 is 0 Å². The normalized spacial score (nSPS) is 11.3. The van der Waals surface area contributed by atoms with Crippen molar-refractivity contribution in [3.05, 3.63) is 59.4 Å². The number of carbonyl (C=O) groups excluding carboxylic acids is 1. The van der Waals surface area contributed by atoms with Crippen LogP contribution >= 0.6 is 0 Å². The molecule has 0 spiro atoms. The van der Waals surface area contributed by atoms with Gasteiger partial charge in [0.05, 0.1) is 17.4 Å². The second-order valence-corrected chi connectivity index (χ2v) is 3.88. The monoisotopic (exact) mass is 266 g/mol. The fourth-order valence-electron chi connectivity index (χ4n) is 1.52. The van der Waals surface area contributed by atoms with Crippen molar-refractivity contribution in [2.75, 3.05) is 5.73 Å². The molecule has 6 heteroatoms. The molecule has 2 rings (SSSR count). The SMILES string of the molecule is Nc1ccc(C(=O)c2cccc(C(F)(F)F)c2)nc1. The van der Waals surface area contributed by atoms with Crippen LogP contribution in [0.2, 0.25) is 0 Å². The number of halogens is 3. The highest BCUT2D eigenvalue weighted by Gasteiger charge is 2.31. The molecule has 0 aliphatic carbocycles. The summed E-state index contributed by atoms with van der Waals surface area (Å²) in [6.07, 6.45) is -3.20. The van der Waals surface area contributed by atoms with Gasteiger partial charge >= 0.3 is 6.18 Å². The van der Waals surface area contributed by atoms with E-state index in [9.17, 15) is 18.0 Å². The van der Waals surface area contributed by atoms with Crippen molar-refractivity contribution < 1.29 is 18.0 Å². The second kappa shape index (κ2) is 4.72. The predicted molar refractivity (Wildman–Crippen MR) is 63.5 cm³/mol. The smallest absolute Gasteiger partial charge is 0.397 e. The highest BCUT2D eigenvalue weighted by atomic mass is 19.4. The van der Waals surface area contributed by atoms with Crippen molar-refractivity contribution in [1.82, 2.24) is 4.98 Å². The molecular weight excluding hydrogens is 257 g/mol. The summed E-state index contributed by atoms with van der Waals surface area (Å²) < 4.78 is 37.6. The standard InChI is InChI=1S/C13H9F3N2O/c14-13(15,16)9-3-1-2-8(6-9)12(19)11-5-4-10(17)7-18-11/h1-7H,17H2. The summed E-state index contributed by atoms with van der Waals surface area (Å²) in [5.41, 5.74) is 4.92. The molecule has 0 aliphatic rings. The number of ketones is 1. The van der Waals surface area contributed by atoms with Crippen LogP contribution in [0.5, 0.6) is 0 Å². The zero-order valence-electron chi connectivity index (χ0n) is 9.61. The van der Waals surface area contributed by atoms with E-state index < -0.39 is 17.5 Å². The average molecular weight is 266 g/mol. The Morgan fingerprint density at radius 2 is 1.89 bits per heavy atom. The minimum atomic E-state index is -4.48. The number of carbonyl (C=O) groups is 1. The lowest BCUT2D eigenvalue weighted by atomic mass is 10.0. The number of hydrogen-bond donors (Lipinski definition) is 1. The van der Waals surface area contributed by atoms with Crippen LogP contribution in [0.25, 0.3) is 0 Å². The molecule has 3 nitrogen and oxygen atoms in total. The van der Waals surface area contributed by atoms with Crippen LogP contribution in [0.4, 0.5) is 18.9 Å². The van der Waals surface area contributed by atoms with Gasteiger partial charge in [0.2, 0.25) is 5.78 Å². The Hall–Kier alpha value is -2.37. The van der Waals surface area contributed by atoms with Gasteiger partial charge < -0.3 is 5.73 Å². The Morgan fingerprint density at radius 3 is 2.47 bits per heavy atom. The summed E-state index contributed by atoms with van der Waals surface area (Å²) in [4.78, 5) is 15.8. The number of nitrogen functional groups attached to an aromatic ring is 1. The van der Waals surface area contributed by atoms with E-state index in [0.29, 0.717) is 5.69 Å². The molecule has 0 saturated heterocycles. The molecule has 0 saturated carbocycles. The van der Waals surface area contributed by atoms with Crippen LogP contribution in [0, 0.1) is 0 Å². The molecule has 1 aromatic carbocycles. The first-order valence-electron chi connectivity index (χ1n) is 5.31. The van der Waals surface area contributed by atoms with Crippen molar-refractivity contribution >= 4 is 11.5 Å². The molecule has 98 valence electrons. The summed E-state index contributed by atoms with van der Waals surface area (Å²) in [7, 11) is 0. The number of nitrogens with two attached hydrogens (primary N) is 1. The third kappa shape index (κ3) is 2.90. The molecule has 2 N–H and O–H groups in total. The fraction of sp³-hybridized carbons (Fsp3) is 0.0769. The Kier molecular flexibility index (Phi) is 3.25. The molecule has 0 unspecified atom stereocenters. The highest BCUT2D eigenvalue weighted by Crippen LogP contribution is 2.29. The van der Waals surface area contributed by atoms with Crippen LogP contribution < -0.4 is 5.73 Å². The first-order chi connectivity index (χ1) is 8.88. The lowest BCUT2D eigenvalue weighted by Crippen LogP contribution is -2.09. The van der Waals surface area contributed by atoms with Crippen LogP contribution in [-0.4, -0.2) is 10.8 Å². The number of hydrogen-bond acceptors (Lipinski definition) is 3. The van der Waals surface area contributed by atoms with Gasteiger partial charge in [-0.25, -0.2) is 0 Å². The predicted octanol–water partition coefficient (Wildman–Crippen LogP) is 2.91. The Morgan fingerprint density at radius 1 is 1.16 bits per heavy atom. The van der Waals surface area contributed by atoms with Crippen molar-refractivity contribution in [2.45, 2.75) is 6.18 Å². The maximum atomic E-state index is 12.5. The van der Waals surface area contributed by atoms with E-state index in [2.05, 4.69) is 4.98 Å². The van der Waals surface area contributed by atoms with Crippen LogP contribution in [-0.2, 0) is 6.18 Å². The largest absolute Gasteiger partial charge is 0.416 e. The van der Waals surface area contributed by atoms with Crippen molar-refractivity contribution in [3.63, 3.8) is 0 Å². The molecule has 0 fully saturated rings. The summed E-state index contributed by atoms with van der Waals surface area (Å²) in [5.74, 6) is -0.578. The van der Waals surface area contributed by atoms with Gasteiger partial charge in [0.25, 0.3) is 0 Å². The average Bonchev–Trinajstić information content (AvgIpc) is 2.38. The maximum Gasteiger partial charge on any atom is 0.416 e. The van der Waals surface area contributed by atoms with E-state index in [1.54, 1.807) is 0 Å². The molecule has 1 aromatic heterocycles. The Bertz CT molecular complexity index is 606. The Balaban J connectivity index is 2.37. The van der Waals surface area contributed by atoms with Gasteiger partial charge in [0, 0.05) is 5.56 Å². The van der Waals surface area contributed by atoms with E-state index in [-0.39, 0.29) is 11.3 Å². The van der Waals surface area contributed by atoms with Crippen molar-refractivity contribution in [2.24, 2.45) is 0 Å². The first kappa shape index (κ1) is 13.1. The molecular formula is C13H9F3N2O. The van der Waals surface area contributed by atoms with Crippen LogP contribution in [0.3, 0.4) is 0 Å². The number of benzene rings is 1. The van der Waals surface area contributed by atoms with Crippen LogP contribution in [0.1, 0.15) is 21.6 Å². The number of nitrogens with zero attached hydrogens (tertiary/aromatic N) is 1. The van der Waals surface area contributed by atoms with E-state index in [4.69, 9.17) is 5.73 Å². The minimum Gasteiger partial charge on any atom is -0.397 e. The molecule has 2 aromatic rings. The molecule has 0 aliphatic heterocycles. The van der Waals surface area contributed by atoms with Gasteiger partial charge in [-0.2, -0.15) is 13.2 Å². The van der Waals surface area contributed by atoms with Gasteiger partial charge in [-0.1, -0.05) is 12.1 Å². The third-order valence-electron chi connectivity index (χ3n) is 2.47. The molecule has 0 radical (unpaired) electrons. The van der Waals surface area contributed by atoms with Crippen molar-refractivity contribution in [3.8, 4) is 0 Å².